The van der Waals surface area contributed by atoms with Crippen molar-refractivity contribution in [3.8, 4) is 0 Å². The summed E-state index contributed by atoms with van der Waals surface area (Å²) in [5, 5.41) is 3.84. The molecule has 144 valence electrons. The summed E-state index contributed by atoms with van der Waals surface area (Å²) in [5.41, 5.74) is 1.26. The highest BCUT2D eigenvalue weighted by molar-refractivity contribution is 6.30. The molecule has 6 nitrogen and oxygen atoms in total. The number of ether oxygens (including phenoxy) is 1. The van der Waals surface area contributed by atoms with E-state index in [9.17, 15) is 4.79 Å². The van der Waals surface area contributed by atoms with Crippen LogP contribution in [0.5, 0.6) is 0 Å². The fraction of sp³-hybridized carbons (Fsp3) is 0.632. The van der Waals surface area contributed by atoms with E-state index in [0.717, 1.165) is 77.0 Å². The molecule has 0 radical (unpaired) electrons. The van der Waals surface area contributed by atoms with Crippen molar-refractivity contribution in [3.05, 3.63) is 34.9 Å². The van der Waals surface area contributed by atoms with Crippen LogP contribution in [-0.2, 0) is 11.2 Å². The number of piperazine rings is 1. The van der Waals surface area contributed by atoms with Gasteiger partial charge in [-0.2, -0.15) is 0 Å². The van der Waals surface area contributed by atoms with Crippen LogP contribution in [0.2, 0.25) is 5.02 Å². The number of carbonyl (C=O) groups is 1. The zero-order valence-electron chi connectivity index (χ0n) is 15.3. The van der Waals surface area contributed by atoms with Crippen molar-refractivity contribution in [1.82, 2.24) is 20.0 Å². The Kier molecular flexibility index (Phi) is 7.55. The first-order valence-corrected chi connectivity index (χ1v) is 9.88. The van der Waals surface area contributed by atoms with E-state index >= 15 is 0 Å². The Morgan fingerprint density at radius 2 is 1.77 bits per heavy atom. The van der Waals surface area contributed by atoms with Gasteiger partial charge in [-0.1, -0.05) is 23.7 Å². The molecular formula is C19H29ClN4O2. The van der Waals surface area contributed by atoms with Gasteiger partial charge in [-0.3, -0.25) is 9.80 Å². The molecule has 2 amide bonds. The molecule has 0 aromatic heterocycles. The summed E-state index contributed by atoms with van der Waals surface area (Å²) in [6, 6.07) is 8.11. The molecule has 1 aromatic rings. The van der Waals surface area contributed by atoms with Crippen LogP contribution in [0, 0.1) is 0 Å². The zero-order valence-corrected chi connectivity index (χ0v) is 16.1. The third-order valence-corrected chi connectivity index (χ3v) is 5.31. The van der Waals surface area contributed by atoms with E-state index in [1.165, 1.54) is 5.56 Å². The summed E-state index contributed by atoms with van der Waals surface area (Å²) in [6.45, 7) is 9.56. The lowest BCUT2D eigenvalue weighted by Gasteiger charge is -2.35. The molecule has 26 heavy (non-hydrogen) atoms. The molecule has 3 rings (SSSR count). The van der Waals surface area contributed by atoms with Crippen LogP contribution in [0.3, 0.4) is 0 Å². The maximum atomic E-state index is 12.3. The lowest BCUT2D eigenvalue weighted by atomic mass is 10.1. The number of amides is 2. The molecule has 0 saturated carbocycles. The number of hydrogen-bond acceptors (Lipinski definition) is 4. The third-order valence-electron chi connectivity index (χ3n) is 5.07. The molecule has 0 bridgehead atoms. The monoisotopic (exact) mass is 380 g/mol. The number of benzene rings is 1. The molecule has 0 atom stereocenters. The van der Waals surface area contributed by atoms with E-state index in [1.807, 2.05) is 23.1 Å². The molecule has 1 aromatic carbocycles. The number of carbonyl (C=O) groups excluding carboxylic acids is 1. The topological polar surface area (TPSA) is 48.1 Å². The molecule has 0 aliphatic carbocycles. The van der Waals surface area contributed by atoms with Crippen molar-refractivity contribution in [2.45, 2.75) is 6.42 Å². The first-order valence-electron chi connectivity index (χ1n) is 9.50. The summed E-state index contributed by atoms with van der Waals surface area (Å²) >= 11 is 6.04. The smallest absolute Gasteiger partial charge is 0.317 e. The molecule has 0 unspecified atom stereocenters. The van der Waals surface area contributed by atoms with Crippen LogP contribution < -0.4 is 5.32 Å². The molecule has 2 aliphatic heterocycles. The molecule has 2 saturated heterocycles. The summed E-state index contributed by atoms with van der Waals surface area (Å²) in [5.74, 6) is 0. The predicted octanol–water partition coefficient (Wildman–Crippen LogP) is 1.54. The van der Waals surface area contributed by atoms with Gasteiger partial charge in [0.1, 0.15) is 0 Å². The Bertz CT molecular complexity index is 572. The van der Waals surface area contributed by atoms with Crippen molar-refractivity contribution in [2.75, 3.05) is 72.1 Å². The Morgan fingerprint density at radius 1 is 1.04 bits per heavy atom. The molecule has 7 heteroatoms. The minimum atomic E-state index is 0.0627. The maximum Gasteiger partial charge on any atom is 0.317 e. The van der Waals surface area contributed by atoms with Gasteiger partial charge in [-0.05, 0) is 24.1 Å². The second kappa shape index (κ2) is 10.1. The maximum absolute atomic E-state index is 12.3. The second-order valence-electron chi connectivity index (χ2n) is 6.89. The number of hydrogen-bond donors (Lipinski definition) is 1. The van der Waals surface area contributed by atoms with Crippen molar-refractivity contribution < 1.29 is 9.53 Å². The van der Waals surface area contributed by atoms with Crippen LogP contribution in [0.4, 0.5) is 4.79 Å². The standard InChI is InChI=1S/C19H29ClN4O2/c20-18-3-1-2-17(16-18)4-6-22-8-10-24(11-9-22)19(25)21-5-7-23-12-14-26-15-13-23/h1-3,16H,4-15H2,(H,21,25). The SMILES string of the molecule is O=C(NCCN1CCOCC1)N1CCN(CCc2cccc(Cl)c2)CC1. The number of nitrogens with zero attached hydrogens (tertiary/aromatic N) is 3. The molecular weight excluding hydrogens is 352 g/mol. The average molecular weight is 381 g/mol. The lowest BCUT2D eigenvalue weighted by molar-refractivity contribution is 0.0385. The molecule has 2 aliphatic rings. The van der Waals surface area contributed by atoms with Crippen molar-refractivity contribution >= 4 is 17.6 Å². The van der Waals surface area contributed by atoms with E-state index < -0.39 is 0 Å². The van der Waals surface area contributed by atoms with E-state index in [1.54, 1.807) is 0 Å². The van der Waals surface area contributed by atoms with E-state index in [4.69, 9.17) is 16.3 Å². The lowest BCUT2D eigenvalue weighted by Crippen LogP contribution is -2.53. The van der Waals surface area contributed by atoms with Gasteiger partial charge in [-0.15, -0.1) is 0 Å². The highest BCUT2D eigenvalue weighted by atomic mass is 35.5. The van der Waals surface area contributed by atoms with Gasteiger partial charge < -0.3 is 15.0 Å². The quantitative estimate of drug-likeness (QED) is 0.813. The summed E-state index contributed by atoms with van der Waals surface area (Å²) in [6.07, 6.45) is 0.992. The number of morpholine rings is 1. The van der Waals surface area contributed by atoms with Crippen LogP contribution in [0.25, 0.3) is 0 Å². The summed E-state index contributed by atoms with van der Waals surface area (Å²) < 4.78 is 5.34. The average Bonchev–Trinajstić information content (AvgIpc) is 2.68. The number of nitrogens with one attached hydrogen (secondary N) is 1. The van der Waals surface area contributed by atoms with Gasteiger partial charge >= 0.3 is 6.03 Å². The number of halogens is 1. The largest absolute Gasteiger partial charge is 0.379 e. The van der Waals surface area contributed by atoms with Gasteiger partial charge in [0.15, 0.2) is 0 Å². The Hall–Kier alpha value is -1.34. The first-order chi connectivity index (χ1) is 12.7. The van der Waals surface area contributed by atoms with Gasteiger partial charge in [0.2, 0.25) is 0 Å². The molecule has 1 N–H and O–H groups in total. The van der Waals surface area contributed by atoms with Crippen LogP contribution in [0.15, 0.2) is 24.3 Å². The van der Waals surface area contributed by atoms with Crippen LogP contribution in [-0.4, -0.2) is 92.8 Å². The zero-order chi connectivity index (χ0) is 18.2. The molecule has 0 spiro atoms. The van der Waals surface area contributed by atoms with Gasteiger partial charge in [-0.25, -0.2) is 4.79 Å². The van der Waals surface area contributed by atoms with Crippen molar-refractivity contribution in [2.24, 2.45) is 0 Å². The highest BCUT2D eigenvalue weighted by Crippen LogP contribution is 2.12. The normalized spacial score (nSPS) is 19.5. The third kappa shape index (κ3) is 6.13. The Labute approximate surface area is 161 Å². The second-order valence-corrected chi connectivity index (χ2v) is 7.33. The predicted molar refractivity (Wildman–Crippen MR) is 104 cm³/mol. The highest BCUT2D eigenvalue weighted by Gasteiger charge is 2.20. The number of rotatable bonds is 6. The summed E-state index contributed by atoms with van der Waals surface area (Å²) in [4.78, 5) is 19.0. The molecule has 2 heterocycles. The van der Waals surface area contributed by atoms with Gasteiger partial charge in [0.05, 0.1) is 13.2 Å². The number of urea groups is 1. The van der Waals surface area contributed by atoms with Crippen molar-refractivity contribution in [1.29, 1.82) is 0 Å². The minimum Gasteiger partial charge on any atom is -0.379 e. The van der Waals surface area contributed by atoms with Crippen LogP contribution >= 0.6 is 11.6 Å². The first kappa shape index (κ1) is 19.4. The van der Waals surface area contributed by atoms with Crippen LogP contribution in [0.1, 0.15) is 5.56 Å². The Morgan fingerprint density at radius 3 is 2.50 bits per heavy atom. The van der Waals surface area contributed by atoms with Crippen molar-refractivity contribution in [3.63, 3.8) is 0 Å². The van der Waals surface area contributed by atoms with Gasteiger partial charge in [0, 0.05) is 63.9 Å². The van der Waals surface area contributed by atoms with E-state index in [0.29, 0.717) is 6.54 Å². The fourth-order valence-corrected chi connectivity index (χ4v) is 3.62. The summed E-state index contributed by atoms with van der Waals surface area (Å²) in [7, 11) is 0. The molecule has 2 fully saturated rings. The van der Waals surface area contributed by atoms with E-state index in [2.05, 4.69) is 21.2 Å². The van der Waals surface area contributed by atoms with E-state index in [-0.39, 0.29) is 6.03 Å². The van der Waals surface area contributed by atoms with Gasteiger partial charge in [0.25, 0.3) is 0 Å². The Balaban J connectivity index is 1.30. The minimum absolute atomic E-state index is 0.0627. The fourth-order valence-electron chi connectivity index (χ4n) is 3.41.